The van der Waals surface area contributed by atoms with Crippen molar-refractivity contribution < 1.29 is 4.39 Å². The van der Waals surface area contributed by atoms with Crippen LogP contribution in [-0.4, -0.2) is 17.2 Å². The normalized spacial score (nSPS) is 12.5. The zero-order valence-electron chi connectivity index (χ0n) is 9.24. The standard InChI is InChI=1S/C11H12ClFN3P/c1-7(16-17)9(6-10(12)14-2)8-4-3-5-15-11(8)13/h3-6,16H,1,17H2,2H3/b9-6+,14-10+. The number of nitrogens with zero attached hydrogens (tertiary/aromatic N) is 2. The lowest BCUT2D eigenvalue weighted by atomic mass is 10.1. The van der Waals surface area contributed by atoms with E-state index in [1.54, 1.807) is 19.2 Å². The average molecular weight is 272 g/mol. The molecule has 1 rings (SSSR count). The Morgan fingerprint density at radius 2 is 2.41 bits per heavy atom. The van der Waals surface area contributed by atoms with Crippen LogP contribution in [0.4, 0.5) is 4.39 Å². The van der Waals surface area contributed by atoms with Crippen LogP contribution in [0.15, 0.2) is 41.7 Å². The zero-order valence-corrected chi connectivity index (χ0v) is 11.2. The number of hydrogen-bond donors (Lipinski definition) is 1. The summed E-state index contributed by atoms with van der Waals surface area (Å²) < 4.78 is 13.6. The first-order chi connectivity index (χ1) is 8.10. The van der Waals surface area contributed by atoms with Gasteiger partial charge in [-0.15, -0.1) is 0 Å². The summed E-state index contributed by atoms with van der Waals surface area (Å²) in [6, 6.07) is 3.24. The molecule has 0 saturated heterocycles. The minimum absolute atomic E-state index is 0.254. The van der Waals surface area contributed by atoms with Gasteiger partial charge >= 0.3 is 0 Å². The van der Waals surface area contributed by atoms with E-state index in [1.807, 2.05) is 0 Å². The molecule has 0 fully saturated rings. The van der Waals surface area contributed by atoms with Gasteiger partial charge in [0, 0.05) is 30.1 Å². The van der Waals surface area contributed by atoms with Crippen molar-refractivity contribution in [3.8, 4) is 0 Å². The predicted octanol–water partition coefficient (Wildman–Crippen LogP) is 2.76. The Bertz CT molecular complexity index is 485. The molecule has 0 spiro atoms. The van der Waals surface area contributed by atoms with E-state index >= 15 is 0 Å². The highest BCUT2D eigenvalue weighted by atomic mass is 35.5. The third-order valence-electron chi connectivity index (χ3n) is 2.03. The second-order valence-electron chi connectivity index (χ2n) is 3.07. The number of rotatable bonds is 4. The maximum absolute atomic E-state index is 13.6. The minimum atomic E-state index is -0.583. The van der Waals surface area contributed by atoms with E-state index in [0.717, 1.165) is 0 Å². The molecule has 6 heteroatoms. The Hall–Kier alpha value is -1.25. The highest BCUT2D eigenvalue weighted by Gasteiger charge is 2.11. The van der Waals surface area contributed by atoms with E-state index < -0.39 is 5.95 Å². The molecule has 0 aromatic carbocycles. The molecule has 3 nitrogen and oxygen atoms in total. The topological polar surface area (TPSA) is 37.3 Å². The van der Waals surface area contributed by atoms with Crippen molar-refractivity contribution in [2.24, 2.45) is 4.99 Å². The summed E-state index contributed by atoms with van der Waals surface area (Å²) in [6.45, 7) is 3.77. The van der Waals surface area contributed by atoms with Crippen molar-refractivity contribution in [1.29, 1.82) is 0 Å². The van der Waals surface area contributed by atoms with Crippen molar-refractivity contribution in [1.82, 2.24) is 10.1 Å². The average Bonchev–Trinajstić information content (AvgIpc) is 2.35. The second kappa shape index (κ2) is 6.48. The van der Waals surface area contributed by atoms with Gasteiger partial charge in [-0.25, -0.2) is 4.98 Å². The molecule has 1 heterocycles. The lowest BCUT2D eigenvalue weighted by Crippen LogP contribution is -2.04. The first-order valence-electron chi connectivity index (χ1n) is 4.71. The molecule has 0 saturated carbocycles. The Kier molecular flexibility index (Phi) is 5.26. The minimum Gasteiger partial charge on any atom is -0.369 e. The molecule has 0 amide bonds. The van der Waals surface area contributed by atoms with Gasteiger partial charge < -0.3 is 5.09 Å². The van der Waals surface area contributed by atoms with Gasteiger partial charge in [0.15, 0.2) is 0 Å². The maximum Gasteiger partial charge on any atom is 0.220 e. The van der Waals surface area contributed by atoms with Crippen molar-refractivity contribution in [3.05, 3.63) is 48.2 Å². The maximum atomic E-state index is 13.6. The molecule has 1 N–H and O–H groups in total. The molecule has 17 heavy (non-hydrogen) atoms. The SMILES string of the molecule is C=C(NP)/C(=C\C(Cl)=N/C)c1cccnc1F. The number of hydrogen-bond acceptors (Lipinski definition) is 3. The van der Waals surface area contributed by atoms with Crippen molar-refractivity contribution >= 4 is 31.7 Å². The van der Waals surface area contributed by atoms with Crippen LogP contribution >= 0.6 is 21.0 Å². The largest absolute Gasteiger partial charge is 0.369 e. The fraction of sp³-hybridized carbons (Fsp3) is 0.0909. The molecule has 0 aliphatic carbocycles. The monoisotopic (exact) mass is 271 g/mol. The van der Waals surface area contributed by atoms with Crippen LogP contribution in [0.5, 0.6) is 0 Å². The lowest BCUT2D eigenvalue weighted by molar-refractivity contribution is 0.580. The van der Waals surface area contributed by atoms with Gasteiger partial charge in [-0.2, -0.15) is 4.39 Å². The molecule has 90 valence electrons. The van der Waals surface area contributed by atoms with Crippen LogP contribution < -0.4 is 5.09 Å². The van der Waals surface area contributed by atoms with Crippen molar-refractivity contribution in [2.45, 2.75) is 0 Å². The Balaban J connectivity index is 3.31. The summed E-state index contributed by atoms with van der Waals surface area (Å²) in [5.74, 6) is -0.583. The van der Waals surface area contributed by atoms with E-state index in [0.29, 0.717) is 16.8 Å². The van der Waals surface area contributed by atoms with E-state index in [-0.39, 0.29) is 5.17 Å². The number of aromatic nitrogens is 1. The highest BCUT2D eigenvalue weighted by Crippen LogP contribution is 2.23. The van der Waals surface area contributed by atoms with E-state index in [1.165, 1.54) is 12.3 Å². The van der Waals surface area contributed by atoms with E-state index in [4.69, 9.17) is 11.6 Å². The number of nitrogens with one attached hydrogen (secondary N) is 1. The third kappa shape index (κ3) is 3.62. The van der Waals surface area contributed by atoms with Gasteiger partial charge in [0.25, 0.3) is 0 Å². The Morgan fingerprint density at radius 1 is 1.71 bits per heavy atom. The summed E-state index contributed by atoms with van der Waals surface area (Å²) in [7, 11) is 3.84. The number of halogens is 2. The lowest BCUT2D eigenvalue weighted by Gasteiger charge is -2.10. The van der Waals surface area contributed by atoms with Crippen molar-refractivity contribution in [3.63, 3.8) is 0 Å². The van der Waals surface area contributed by atoms with Crippen molar-refractivity contribution in [2.75, 3.05) is 7.05 Å². The van der Waals surface area contributed by atoms with Gasteiger partial charge in [-0.3, -0.25) is 4.99 Å². The second-order valence-corrected chi connectivity index (χ2v) is 3.74. The molecule has 0 aliphatic heterocycles. The van der Waals surface area contributed by atoms with Gasteiger partial charge in [-0.05, 0) is 27.6 Å². The Morgan fingerprint density at radius 3 is 2.94 bits per heavy atom. The first-order valence-corrected chi connectivity index (χ1v) is 5.66. The summed E-state index contributed by atoms with van der Waals surface area (Å²) in [4.78, 5) is 7.37. The molecule has 1 unspecified atom stereocenters. The molecule has 0 aliphatic rings. The first kappa shape index (κ1) is 13.8. The third-order valence-corrected chi connectivity index (χ3v) is 2.65. The zero-order chi connectivity index (χ0) is 12.8. The van der Waals surface area contributed by atoms with Crippen LogP contribution in [-0.2, 0) is 0 Å². The van der Waals surface area contributed by atoms with Crippen LogP contribution in [0.3, 0.4) is 0 Å². The number of allylic oxidation sites excluding steroid dienone is 2. The fourth-order valence-electron chi connectivity index (χ4n) is 1.18. The summed E-state index contributed by atoms with van der Waals surface area (Å²) in [6.07, 6.45) is 2.91. The molecular weight excluding hydrogens is 260 g/mol. The molecule has 1 atom stereocenters. The van der Waals surface area contributed by atoms with Gasteiger partial charge in [0.1, 0.15) is 5.17 Å². The molecule has 1 aromatic heterocycles. The van der Waals surface area contributed by atoms with Gasteiger partial charge in [0.2, 0.25) is 5.95 Å². The molecular formula is C11H12ClFN3P. The van der Waals surface area contributed by atoms with Gasteiger partial charge in [-0.1, -0.05) is 18.2 Å². The quantitative estimate of drug-likeness (QED) is 0.396. The molecule has 0 bridgehead atoms. The van der Waals surface area contributed by atoms with Crippen LogP contribution in [0, 0.1) is 5.95 Å². The summed E-state index contributed by atoms with van der Waals surface area (Å²) >= 11 is 5.82. The summed E-state index contributed by atoms with van der Waals surface area (Å²) in [5.41, 5.74) is 1.32. The predicted molar refractivity (Wildman–Crippen MR) is 73.4 cm³/mol. The number of aliphatic imine (C=N–C) groups is 1. The highest BCUT2D eigenvalue weighted by molar-refractivity contribution is 7.14. The van der Waals surface area contributed by atoms with E-state index in [2.05, 4.69) is 31.0 Å². The van der Waals surface area contributed by atoms with Crippen LogP contribution in [0.25, 0.3) is 5.57 Å². The number of pyridine rings is 1. The summed E-state index contributed by atoms with van der Waals surface area (Å²) in [5, 5.41) is 3.02. The van der Waals surface area contributed by atoms with Crippen LogP contribution in [0.1, 0.15) is 5.56 Å². The van der Waals surface area contributed by atoms with Crippen LogP contribution in [0.2, 0.25) is 0 Å². The smallest absolute Gasteiger partial charge is 0.220 e. The van der Waals surface area contributed by atoms with E-state index in [9.17, 15) is 4.39 Å². The van der Waals surface area contributed by atoms with Gasteiger partial charge in [0.05, 0.1) is 0 Å². The fourth-order valence-corrected chi connectivity index (χ4v) is 1.44. The molecule has 0 radical (unpaired) electrons. The Labute approximate surface area is 107 Å². The molecule has 1 aromatic rings.